The van der Waals surface area contributed by atoms with Crippen LogP contribution in [0.1, 0.15) is 31.4 Å². The Kier molecular flexibility index (Phi) is 6.02. The van der Waals surface area contributed by atoms with Crippen molar-refractivity contribution in [2.24, 2.45) is 5.92 Å². The van der Waals surface area contributed by atoms with Gasteiger partial charge in [-0.05, 0) is 48.9 Å². The molecule has 1 aromatic carbocycles. The monoisotopic (exact) mass is 412 g/mol. The smallest absolute Gasteiger partial charge is 0.252 e. The molecule has 5 nitrogen and oxygen atoms in total. The third kappa shape index (κ3) is 4.28. The molecule has 0 saturated carbocycles. The van der Waals surface area contributed by atoms with Crippen LogP contribution >= 0.6 is 22.9 Å². The molecule has 0 spiro atoms. The standard InChI is InChI=1S/C18H21ClN2O3S2/c1-13(14-6-8-16(19)9-7-14)20-18(22)15-4-2-10-21(12-15)26(23,24)17-5-3-11-25-17/h3,5-9,11,13,15H,2,4,10,12H2,1H3,(H,20,22)/t13-,15+/m0/s1. The van der Waals surface area contributed by atoms with E-state index < -0.39 is 10.0 Å². The highest BCUT2D eigenvalue weighted by Gasteiger charge is 2.34. The molecule has 8 heteroatoms. The van der Waals surface area contributed by atoms with Crippen molar-refractivity contribution in [2.75, 3.05) is 13.1 Å². The molecule has 0 radical (unpaired) electrons. The topological polar surface area (TPSA) is 66.5 Å². The van der Waals surface area contributed by atoms with Crippen LogP contribution in [0.3, 0.4) is 0 Å². The van der Waals surface area contributed by atoms with Gasteiger partial charge < -0.3 is 5.32 Å². The minimum absolute atomic E-state index is 0.112. The number of piperidine rings is 1. The van der Waals surface area contributed by atoms with E-state index in [1.165, 1.54) is 15.6 Å². The lowest BCUT2D eigenvalue weighted by Gasteiger charge is -2.31. The van der Waals surface area contributed by atoms with Gasteiger partial charge >= 0.3 is 0 Å². The number of amides is 1. The summed E-state index contributed by atoms with van der Waals surface area (Å²) in [7, 11) is -3.51. The fourth-order valence-electron chi connectivity index (χ4n) is 3.08. The molecule has 1 aromatic heterocycles. The number of nitrogens with zero attached hydrogens (tertiary/aromatic N) is 1. The zero-order valence-corrected chi connectivity index (χ0v) is 16.8. The van der Waals surface area contributed by atoms with Crippen molar-refractivity contribution < 1.29 is 13.2 Å². The Morgan fingerprint density at radius 3 is 2.69 bits per heavy atom. The lowest BCUT2D eigenvalue weighted by molar-refractivity contribution is -0.126. The highest BCUT2D eigenvalue weighted by atomic mass is 35.5. The Balaban J connectivity index is 1.65. The van der Waals surface area contributed by atoms with Crippen molar-refractivity contribution in [3.63, 3.8) is 0 Å². The van der Waals surface area contributed by atoms with Gasteiger partial charge in [-0.2, -0.15) is 4.31 Å². The summed E-state index contributed by atoms with van der Waals surface area (Å²) in [6.07, 6.45) is 1.37. The Labute approximate surface area is 163 Å². The molecule has 2 aromatic rings. The van der Waals surface area contributed by atoms with Crippen LogP contribution in [0.15, 0.2) is 46.0 Å². The van der Waals surface area contributed by atoms with E-state index in [1.54, 1.807) is 29.6 Å². The van der Waals surface area contributed by atoms with Crippen molar-refractivity contribution in [2.45, 2.75) is 30.0 Å². The predicted molar refractivity (Wildman–Crippen MR) is 104 cm³/mol. The largest absolute Gasteiger partial charge is 0.349 e. The van der Waals surface area contributed by atoms with Gasteiger partial charge in [0.2, 0.25) is 5.91 Å². The predicted octanol–water partition coefficient (Wildman–Crippen LogP) is 3.68. The van der Waals surface area contributed by atoms with Crippen LogP contribution in [0.4, 0.5) is 0 Å². The van der Waals surface area contributed by atoms with Gasteiger partial charge in [-0.1, -0.05) is 29.8 Å². The highest BCUT2D eigenvalue weighted by Crippen LogP contribution is 2.27. The molecule has 1 N–H and O–H groups in total. The zero-order valence-electron chi connectivity index (χ0n) is 14.4. The molecular weight excluding hydrogens is 392 g/mol. The van der Waals surface area contributed by atoms with Crippen LogP contribution in [0.2, 0.25) is 5.02 Å². The number of hydrogen-bond acceptors (Lipinski definition) is 4. The number of carbonyl (C=O) groups excluding carboxylic acids is 1. The molecule has 1 amide bonds. The second kappa shape index (κ2) is 8.08. The van der Waals surface area contributed by atoms with E-state index in [2.05, 4.69) is 5.32 Å². The fourth-order valence-corrected chi connectivity index (χ4v) is 5.87. The lowest BCUT2D eigenvalue weighted by atomic mass is 9.98. The number of halogens is 1. The number of rotatable bonds is 5. The van der Waals surface area contributed by atoms with Gasteiger partial charge in [0.25, 0.3) is 10.0 Å². The Morgan fingerprint density at radius 1 is 1.31 bits per heavy atom. The van der Waals surface area contributed by atoms with Gasteiger partial charge in [-0.25, -0.2) is 8.42 Å². The molecule has 0 bridgehead atoms. The quantitative estimate of drug-likeness (QED) is 0.814. The van der Waals surface area contributed by atoms with Crippen LogP contribution in [0.25, 0.3) is 0 Å². The van der Waals surface area contributed by atoms with E-state index in [1.807, 2.05) is 19.1 Å². The molecule has 0 unspecified atom stereocenters. The molecule has 1 fully saturated rings. The molecule has 2 atom stereocenters. The van der Waals surface area contributed by atoms with Crippen molar-refractivity contribution in [1.29, 1.82) is 0 Å². The first-order valence-corrected chi connectivity index (χ1v) is 11.2. The third-order valence-electron chi connectivity index (χ3n) is 4.57. The van der Waals surface area contributed by atoms with Crippen LogP contribution in [0.5, 0.6) is 0 Å². The van der Waals surface area contributed by atoms with Crippen LogP contribution in [-0.4, -0.2) is 31.7 Å². The van der Waals surface area contributed by atoms with Crippen LogP contribution in [0, 0.1) is 5.92 Å². The van der Waals surface area contributed by atoms with Gasteiger partial charge in [0.15, 0.2) is 0 Å². The normalized spacial score (nSPS) is 19.8. The van der Waals surface area contributed by atoms with Crippen LogP contribution in [-0.2, 0) is 14.8 Å². The number of nitrogens with one attached hydrogen (secondary N) is 1. The summed E-state index contributed by atoms with van der Waals surface area (Å²) in [5.74, 6) is -0.452. The zero-order chi connectivity index (χ0) is 18.7. The van der Waals surface area contributed by atoms with Gasteiger partial charge in [-0.3, -0.25) is 4.79 Å². The summed E-state index contributed by atoms with van der Waals surface area (Å²) < 4.78 is 27.1. The number of carbonyl (C=O) groups is 1. The average Bonchev–Trinajstić information content (AvgIpc) is 3.18. The molecule has 1 saturated heterocycles. The molecular formula is C18H21ClN2O3S2. The number of sulfonamides is 1. The summed E-state index contributed by atoms with van der Waals surface area (Å²) in [5, 5.41) is 5.38. The Morgan fingerprint density at radius 2 is 2.04 bits per heavy atom. The molecule has 2 heterocycles. The van der Waals surface area contributed by atoms with E-state index in [9.17, 15) is 13.2 Å². The third-order valence-corrected chi connectivity index (χ3v) is 8.06. The second-order valence-corrected chi connectivity index (χ2v) is 9.97. The minimum Gasteiger partial charge on any atom is -0.349 e. The van der Waals surface area contributed by atoms with Gasteiger partial charge in [0, 0.05) is 18.1 Å². The first-order valence-electron chi connectivity index (χ1n) is 8.47. The van der Waals surface area contributed by atoms with E-state index in [0.29, 0.717) is 28.6 Å². The maximum absolute atomic E-state index is 12.7. The minimum atomic E-state index is -3.51. The average molecular weight is 413 g/mol. The maximum Gasteiger partial charge on any atom is 0.252 e. The Hall–Kier alpha value is -1.41. The number of thiophene rings is 1. The second-order valence-electron chi connectivity index (χ2n) is 6.42. The first-order chi connectivity index (χ1) is 12.4. The molecule has 0 aliphatic carbocycles. The van der Waals surface area contributed by atoms with Gasteiger partial charge in [0.05, 0.1) is 12.0 Å². The van der Waals surface area contributed by atoms with Crippen molar-refractivity contribution in [1.82, 2.24) is 9.62 Å². The molecule has 1 aliphatic heterocycles. The summed E-state index contributed by atoms with van der Waals surface area (Å²) in [6.45, 7) is 2.58. The fraction of sp³-hybridized carbons (Fsp3) is 0.389. The highest BCUT2D eigenvalue weighted by molar-refractivity contribution is 7.91. The summed E-state index contributed by atoms with van der Waals surface area (Å²) in [4.78, 5) is 12.7. The molecule has 140 valence electrons. The summed E-state index contributed by atoms with van der Waals surface area (Å²) >= 11 is 7.10. The summed E-state index contributed by atoms with van der Waals surface area (Å²) in [5.41, 5.74) is 0.960. The van der Waals surface area contributed by atoms with Crippen molar-refractivity contribution in [3.05, 3.63) is 52.4 Å². The van der Waals surface area contributed by atoms with E-state index in [0.717, 1.165) is 5.56 Å². The van der Waals surface area contributed by atoms with E-state index >= 15 is 0 Å². The summed E-state index contributed by atoms with van der Waals surface area (Å²) in [6, 6.07) is 10.5. The van der Waals surface area contributed by atoms with Gasteiger partial charge in [0.1, 0.15) is 4.21 Å². The van der Waals surface area contributed by atoms with E-state index in [4.69, 9.17) is 11.6 Å². The lowest BCUT2D eigenvalue weighted by Crippen LogP contribution is -2.45. The number of hydrogen-bond donors (Lipinski definition) is 1. The van der Waals surface area contributed by atoms with Crippen molar-refractivity contribution >= 4 is 38.9 Å². The maximum atomic E-state index is 12.7. The molecule has 1 aliphatic rings. The molecule has 26 heavy (non-hydrogen) atoms. The number of benzene rings is 1. The SMILES string of the molecule is C[C@H](NC(=O)[C@@H]1CCCN(S(=O)(=O)c2cccs2)C1)c1ccc(Cl)cc1. The van der Waals surface area contributed by atoms with Gasteiger partial charge in [-0.15, -0.1) is 11.3 Å². The Bertz CT molecular complexity index is 851. The van der Waals surface area contributed by atoms with Crippen LogP contribution < -0.4 is 5.32 Å². The molecule has 3 rings (SSSR count). The van der Waals surface area contributed by atoms with Crippen molar-refractivity contribution in [3.8, 4) is 0 Å². The van der Waals surface area contributed by atoms with E-state index in [-0.39, 0.29) is 24.4 Å². The first kappa shape index (κ1) is 19.4.